The van der Waals surface area contributed by atoms with Gasteiger partial charge in [0.05, 0.1) is 23.0 Å². The van der Waals surface area contributed by atoms with Gasteiger partial charge in [0.1, 0.15) is 0 Å². The van der Waals surface area contributed by atoms with E-state index >= 15 is 0 Å². The third-order valence-electron chi connectivity index (χ3n) is 4.15. The minimum atomic E-state index is -4.40. The van der Waals surface area contributed by atoms with Crippen LogP contribution in [0.1, 0.15) is 37.8 Å². The molecular formula is C22H25ClF3NO3. The van der Waals surface area contributed by atoms with Gasteiger partial charge in [-0.25, -0.2) is 0 Å². The molecule has 2 rings (SSSR count). The highest BCUT2D eigenvalue weighted by molar-refractivity contribution is 6.33. The number of alkyl halides is 3. The Labute approximate surface area is 179 Å². The van der Waals surface area contributed by atoms with Crippen LogP contribution in [0.5, 0.6) is 0 Å². The Hall–Kier alpha value is -2.54. The number of benzene rings is 2. The molecule has 30 heavy (non-hydrogen) atoms. The van der Waals surface area contributed by atoms with Crippen LogP contribution in [0.2, 0.25) is 5.02 Å². The number of halogens is 4. The topological polar surface area (TPSA) is 66.4 Å². The van der Waals surface area contributed by atoms with Crippen molar-refractivity contribution < 1.29 is 27.9 Å². The number of nitrogens with one attached hydrogen (secondary N) is 1. The second-order valence-electron chi connectivity index (χ2n) is 6.76. The van der Waals surface area contributed by atoms with E-state index < -0.39 is 36.8 Å². The summed E-state index contributed by atoms with van der Waals surface area (Å²) in [6.45, 7) is 3.69. The SMILES string of the molecule is CC(Cc1ccc(Cl)c(NC(=O)CCC(F)(F)F)c1)C(=O)O.CCc1ccccc1. The molecule has 0 aliphatic carbocycles. The van der Waals surface area contributed by atoms with Gasteiger partial charge in [-0.2, -0.15) is 13.2 Å². The zero-order valence-electron chi connectivity index (χ0n) is 16.8. The molecule has 1 atom stereocenters. The van der Waals surface area contributed by atoms with Crippen molar-refractivity contribution >= 4 is 29.2 Å². The van der Waals surface area contributed by atoms with Gasteiger partial charge < -0.3 is 10.4 Å². The van der Waals surface area contributed by atoms with Gasteiger partial charge >= 0.3 is 12.1 Å². The van der Waals surface area contributed by atoms with E-state index in [2.05, 4.69) is 36.5 Å². The fraction of sp³-hybridized carbons (Fsp3) is 0.364. The number of carboxylic acid groups (broad SMARTS) is 1. The quantitative estimate of drug-likeness (QED) is 0.540. The Morgan fingerprint density at radius 2 is 1.73 bits per heavy atom. The zero-order valence-corrected chi connectivity index (χ0v) is 17.6. The lowest BCUT2D eigenvalue weighted by Gasteiger charge is -2.12. The van der Waals surface area contributed by atoms with Crippen molar-refractivity contribution in [3.63, 3.8) is 0 Å². The van der Waals surface area contributed by atoms with Gasteiger partial charge in [-0.15, -0.1) is 0 Å². The number of carboxylic acids is 1. The maximum Gasteiger partial charge on any atom is 0.389 e. The van der Waals surface area contributed by atoms with Gasteiger partial charge in [-0.1, -0.05) is 61.8 Å². The Balaban J connectivity index is 0.000000467. The van der Waals surface area contributed by atoms with Crippen LogP contribution in [0, 0.1) is 5.92 Å². The number of aliphatic carboxylic acids is 1. The van der Waals surface area contributed by atoms with E-state index in [0.29, 0.717) is 5.56 Å². The molecule has 1 unspecified atom stereocenters. The average Bonchev–Trinajstić information content (AvgIpc) is 2.69. The number of rotatable bonds is 7. The highest BCUT2D eigenvalue weighted by Gasteiger charge is 2.28. The molecule has 8 heteroatoms. The fourth-order valence-corrected chi connectivity index (χ4v) is 2.58. The van der Waals surface area contributed by atoms with Crippen molar-refractivity contribution in [2.75, 3.05) is 5.32 Å². The Kier molecular flexibility index (Phi) is 10.4. The van der Waals surface area contributed by atoms with E-state index in [9.17, 15) is 22.8 Å². The van der Waals surface area contributed by atoms with Crippen molar-refractivity contribution in [1.29, 1.82) is 0 Å². The number of aryl methyl sites for hydroxylation is 1. The second-order valence-corrected chi connectivity index (χ2v) is 7.17. The van der Waals surface area contributed by atoms with Crippen LogP contribution >= 0.6 is 11.6 Å². The molecule has 2 aromatic carbocycles. The minimum absolute atomic E-state index is 0.170. The van der Waals surface area contributed by atoms with Crippen LogP contribution in [0.4, 0.5) is 18.9 Å². The molecule has 0 spiro atoms. The Bertz CT molecular complexity index is 826. The first-order chi connectivity index (χ1) is 14.0. The summed E-state index contributed by atoms with van der Waals surface area (Å²) in [5.74, 6) is -2.40. The number of carbonyl (C=O) groups excluding carboxylic acids is 1. The van der Waals surface area contributed by atoms with E-state index in [1.54, 1.807) is 6.07 Å². The predicted molar refractivity (Wildman–Crippen MR) is 112 cm³/mol. The molecule has 0 saturated carbocycles. The number of anilines is 1. The van der Waals surface area contributed by atoms with Gasteiger partial charge in [0, 0.05) is 6.42 Å². The molecular weight excluding hydrogens is 419 g/mol. The summed E-state index contributed by atoms with van der Waals surface area (Å²) < 4.78 is 36.2. The van der Waals surface area contributed by atoms with E-state index in [-0.39, 0.29) is 17.1 Å². The number of carbonyl (C=O) groups is 2. The number of hydrogen-bond donors (Lipinski definition) is 2. The summed E-state index contributed by atoms with van der Waals surface area (Å²) in [6, 6.07) is 15.0. The second kappa shape index (κ2) is 12.2. The molecule has 0 saturated heterocycles. The van der Waals surface area contributed by atoms with Crippen LogP contribution in [0.3, 0.4) is 0 Å². The van der Waals surface area contributed by atoms with Gasteiger partial charge in [-0.05, 0) is 36.1 Å². The van der Waals surface area contributed by atoms with Crippen LogP contribution in [-0.2, 0) is 22.4 Å². The smallest absolute Gasteiger partial charge is 0.389 e. The van der Waals surface area contributed by atoms with Crippen LogP contribution in [0.15, 0.2) is 48.5 Å². The third kappa shape index (κ3) is 10.3. The molecule has 4 nitrogen and oxygen atoms in total. The van der Waals surface area contributed by atoms with Crippen LogP contribution in [0.25, 0.3) is 0 Å². The summed E-state index contributed by atoms with van der Waals surface area (Å²) in [5, 5.41) is 11.3. The van der Waals surface area contributed by atoms with E-state index in [1.165, 1.54) is 24.6 Å². The lowest BCUT2D eigenvalue weighted by Crippen LogP contribution is -2.17. The molecule has 0 fully saturated rings. The summed E-state index contributed by atoms with van der Waals surface area (Å²) in [7, 11) is 0. The highest BCUT2D eigenvalue weighted by Crippen LogP contribution is 2.26. The van der Waals surface area contributed by atoms with Crippen molar-refractivity contribution in [2.45, 2.75) is 45.7 Å². The summed E-state index contributed by atoms with van der Waals surface area (Å²) >= 11 is 5.88. The molecule has 1 amide bonds. The molecule has 0 aliphatic heterocycles. The van der Waals surface area contributed by atoms with Crippen LogP contribution < -0.4 is 5.32 Å². The Morgan fingerprint density at radius 1 is 1.10 bits per heavy atom. The molecule has 2 aromatic rings. The standard InChI is InChI=1S/C14H15ClF3NO3.C8H10/c1-8(13(21)22)6-9-2-3-10(15)11(7-9)19-12(20)4-5-14(16,17)18;1-2-8-6-4-3-5-7-8/h2-3,7-8H,4-6H2,1H3,(H,19,20)(H,21,22);3-7H,2H2,1H3. The Morgan fingerprint density at radius 3 is 2.23 bits per heavy atom. The van der Waals surface area contributed by atoms with Crippen molar-refractivity contribution in [1.82, 2.24) is 0 Å². The molecule has 2 N–H and O–H groups in total. The number of hydrogen-bond acceptors (Lipinski definition) is 2. The van der Waals surface area contributed by atoms with Gasteiger partial charge in [0.25, 0.3) is 0 Å². The summed E-state index contributed by atoms with van der Waals surface area (Å²) in [5.41, 5.74) is 2.20. The molecule has 0 bridgehead atoms. The summed E-state index contributed by atoms with van der Waals surface area (Å²) in [4.78, 5) is 22.3. The van der Waals surface area contributed by atoms with Crippen molar-refractivity contribution in [3.05, 3.63) is 64.7 Å². The number of amides is 1. The molecule has 0 aliphatic rings. The maximum atomic E-state index is 12.1. The first kappa shape index (κ1) is 25.5. The largest absolute Gasteiger partial charge is 0.481 e. The lowest BCUT2D eigenvalue weighted by atomic mass is 10.0. The average molecular weight is 444 g/mol. The van der Waals surface area contributed by atoms with Gasteiger partial charge in [-0.3, -0.25) is 9.59 Å². The van der Waals surface area contributed by atoms with Crippen molar-refractivity contribution in [2.24, 2.45) is 5.92 Å². The molecule has 164 valence electrons. The predicted octanol–water partition coefficient (Wildman–Crippen LogP) is 6.13. The van der Waals surface area contributed by atoms with Crippen LogP contribution in [-0.4, -0.2) is 23.2 Å². The van der Waals surface area contributed by atoms with E-state index in [1.807, 2.05) is 6.07 Å². The summed E-state index contributed by atoms with van der Waals surface area (Å²) in [6.07, 6.45) is -4.96. The molecule has 0 aromatic heterocycles. The fourth-order valence-electron chi connectivity index (χ4n) is 2.42. The van der Waals surface area contributed by atoms with Gasteiger partial charge in [0.15, 0.2) is 0 Å². The molecule has 0 heterocycles. The normalized spacial score (nSPS) is 11.8. The molecule has 0 radical (unpaired) electrons. The zero-order chi connectivity index (χ0) is 22.7. The third-order valence-corrected chi connectivity index (χ3v) is 4.48. The minimum Gasteiger partial charge on any atom is -0.481 e. The lowest BCUT2D eigenvalue weighted by molar-refractivity contribution is -0.142. The first-order valence-electron chi connectivity index (χ1n) is 9.43. The monoisotopic (exact) mass is 443 g/mol. The van der Waals surface area contributed by atoms with Gasteiger partial charge in [0.2, 0.25) is 5.91 Å². The van der Waals surface area contributed by atoms with Crippen molar-refractivity contribution in [3.8, 4) is 0 Å². The first-order valence-corrected chi connectivity index (χ1v) is 9.81. The van der Waals surface area contributed by atoms with E-state index in [4.69, 9.17) is 16.7 Å². The highest BCUT2D eigenvalue weighted by atomic mass is 35.5. The maximum absolute atomic E-state index is 12.1. The van der Waals surface area contributed by atoms with E-state index in [0.717, 1.165) is 6.42 Å².